The van der Waals surface area contributed by atoms with E-state index in [-0.39, 0.29) is 44.3 Å². The molecule has 38 heavy (non-hydrogen) atoms. The van der Waals surface area contributed by atoms with Gasteiger partial charge >= 0.3 is 0 Å². The van der Waals surface area contributed by atoms with Crippen LogP contribution in [0.2, 0.25) is 0 Å². The van der Waals surface area contributed by atoms with Gasteiger partial charge in [-0.15, -0.1) is 0 Å². The smallest absolute Gasteiger partial charge is 0.295 e. The summed E-state index contributed by atoms with van der Waals surface area (Å²) in [6.45, 7) is 3.67. The molecule has 0 aliphatic rings. The molecular formula is C25H18O10S3. The summed E-state index contributed by atoms with van der Waals surface area (Å²) in [6, 6.07) is 12.3. The number of hydrogen-bond acceptors (Lipinski definition) is 7. The highest BCUT2D eigenvalue weighted by molar-refractivity contribution is 7.87. The van der Waals surface area contributed by atoms with Gasteiger partial charge in [-0.1, -0.05) is 55.1 Å². The van der Waals surface area contributed by atoms with E-state index in [0.717, 1.165) is 11.6 Å². The van der Waals surface area contributed by atoms with Crippen LogP contribution in [0.15, 0.2) is 75.9 Å². The van der Waals surface area contributed by atoms with E-state index in [1.54, 1.807) is 30.3 Å². The standard InChI is InChI=1S/C25H18O10S3/c1-2-13-3-5-14(6-4-13)11-19-24(26)17-9-7-15-20(36(27,28)29)12-21(37(30,31)32)16-8-10-18(23(17)22(15)16)25(19)38(33,34)35/h2-10,12,26H,1,11H2,(H,27,28,29)(H,30,31,32)(H,33,34,35). The third-order valence-corrected chi connectivity index (χ3v) is 9.19. The molecule has 0 spiro atoms. The van der Waals surface area contributed by atoms with Crippen molar-refractivity contribution in [1.82, 2.24) is 0 Å². The summed E-state index contributed by atoms with van der Waals surface area (Å²) in [5.41, 5.74) is 1.24. The lowest BCUT2D eigenvalue weighted by Crippen LogP contribution is -2.08. The highest BCUT2D eigenvalue weighted by Gasteiger charge is 2.30. The molecule has 5 rings (SSSR count). The third-order valence-electron chi connectivity index (χ3n) is 6.42. The molecule has 0 atom stereocenters. The maximum absolute atomic E-state index is 12.7. The fourth-order valence-corrected chi connectivity index (χ4v) is 7.29. The Morgan fingerprint density at radius 2 is 1.13 bits per heavy atom. The van der Waals surface area contributed by atoms with Crippen molar-refractivity contribution in [3.8, 4) is 5.75 Å². The Bertz CT molecular complexity index is 2080. The lowest BCUT2D eigenvalue weighted by molar-refractivity contribution is 0.465. The predicted octanol–water partition coefficient (Wildman–Crippen LogP) is 4.26. The molecule has 5 aromatic carbocycles. The summed E-state index contributed by atoms with van der Waals surface area (Å²) < 4.78 is 104. The Labute approximate surface area is 217 Å². The summed E-state index contributed by atoms with van der Waals surface area (Å²) in [4.78, 5) is -2.37. The van der Waals surface area contributed by atoms with Gasteiger partial charge in [-0.2, -0.15) is 25.3 Å². The summed E-state index contributed by atoms with van der Waals surface area (Å²) in [5.74, 6) is -0.544. The molecule has 0 bridgehead atoms. The van der Waals surface area contributed by atoms with Gasteiger partial charge in [0.15, 0.2) is 0 Å². The molecular weight excluding hydrogens is 556 g/mol. The Balaban J connectivity index is 2.00. The van der Waals surface area contributed by atoms with Crippen molar-refractivity contribution < 1.29 is 44.0 Å². The largest absolute Gasteiger partial charge is 0.507 e. The number of aromatic hydroxyl groups is 1. The zero-order valence-corrected chi connectivity index (χ0v) is 21.6. The monoisotopic (exact) mass is 574 g/mol. The van der Waals surface area contributed by atoms with Crippen LogP contribution in [-0.2, 0) is 36.8 Å². The van der Waals surface area contributed by atoms with Gasteiger partial charge in [0.25, 0.3) is 30.4 Å². The fraction of sp³-hybridized carbons (Fsp3) is 0.0400. The van der Waals surface area contributed by atoms with Gasteiger partial charge in [0, 0.05) is 44.3 Å². The molecule has 4 N–H and O–H groups in total. The molecule has 0 radical (unpaired) electrons. The highest BCUT2D eigenvalue weighted by Crippen LogP contribution is 2.47. The zero-order valence-electron chi connectivity index (χ0n) is 19.2. The van der Waals surface area contributed by atoms with Gasteiger partial charge in [0.05, 0.1) is 0 Å². The van der Waals surface area contributed by atoms with Crippen LogP contribution in [0.25, 0.3) is 38.4 Å². The molecule has 0 saturated heterocycles. The van der Waals surface area contributed by atoms with Gasteiger partial charge in [0.1, 0.15) is 20.4 Å². The minimum absolute atomic E-state index is 0.0250. The number of benzene rings is 5. The van der Waals surface area contributed by atoms with Gasteiger partial charge in [0.2, 0.25) is 0 Å². The van der Waals surface area contributed by atoms with Crippen LogP contribution in [-0.4, -0.2) is 44.0 Å². The average Bonchev–Trinajstić information content (AvgIpc) is 2.82. The summed E-state index contributed by atoms with van der Waals surface area (Å²) in [7, 11) is -15.1. The summed E-state index contributed by atoms with van der Waals surface area (Å²) in [6.07, 6.45) is 1.49. The van der Waals surface area contributed by atoms with Crippen molar-refractivity contribution in [2.75, 3.05) is 0 Å². The van der Waals surface area contributed by atoms with Crippen LogP contribution in [0.4, 0.5) is 0 Å². The van der Waals surface area contributed by atoms with Crippen molar-refractivity contribution >= 4 is 68.7 Å². The van der Waals surface area contributed by atoms with Crippen LogP contribution in [0, 0.1) is 0 Å². The maximum Gasteiger partial charge on any atom is 0.295 e. The first kappa shape index (κ1) is 26.0. The van der Waals surface area contributed by atoms with E-state index in [1.807, 2.05) is 0 Å². The number of rotatable bonds is 6. The number of phenolic OH excluding ortho intramolecular Hbond substituents is 1. The van der Waals surface area contributed by atoms with Gasteiger partial charge < -0.3 is 5.11 Å². The Hall–Kier alpha value is -3.59. The molecule has 0 aromatic heterocycles. The quantitative estimate of drug-likeness (QED) is 0.169. The summed E-state index contributed by atoms with van der Waals surface area (Å²) >= 11 is 0. The highest BCUT2D eigenvalue weighted by atomic mass is 32.2. The number of hydrogen-bond donors (Lipinski definition) is 4. The van der Waals surface area contributed by atoms with Gasteiger partial charge in [-0.05, 0) is 23.3 Å². The lowest BCUT2D eigenvalue weighted by atomic mass is 9.90. The first-order valence-corrected chi connectivity index (χ1v) is 15.1. The number of phenols is 1. The first-order valence-electron chi connectivity index (χ1n) is 10.8. The summed E-state index contributed by atoms with van der Waals surface area (Å²) in [5, 5.41) is 10.5. The van der Waals surface area contributed by atoms with Crippen LogP contribution in [0.1, 0.15) is 16.7 Å². The van der Waals surface area contributed by atoms with Crippen molar-refractivity contribution in [3.05, 3.63) is 77.9 Å². The van der Waals surface area contributed by atoms with Gasteiger partial charge in [-0.25, -0.2) is 0 Å². The Morgan fingerprint density at radius 3 is 1.61 bits per heavy atom. The third kappa shape index (κ3) is 4.09. The molecule has 0 unspecified atom stereocenters. The first-order chi connectivity index (χ1) is 17.6. The van der Waals surface area contributed by atoms with E-state index in [0.29, 0.717) is 11.6 Å². The van der Waals surface area contributed by atoms with Crippen molar-refractivity contribution in [2.45, 2.75) is 21.1 Å². The molecule has 0 fully saturated rings. The van der Waals surface area contributed by atoms with Crippen molar-refractivity contribution in [3.63, 3.8) is 0 Å². The molecule has 0 saturated carbocycles. The average molecular weight is 575 g/mol. The molecule has 0 amide bonds. The van der Waals surface area contributed by atoms with Gasteiger partial charge in [-0.3, -0.25) is 13.7 Å². The predicted molar refractivity (Wildman–Crippen MR) is 141 cm³/mol. The molecule has 10 nitrogen and oxygen atoms in total. The fourth-order valence-electron chi connectivity index (χ4n) is 4.86. The molecule has 13 heteroatoms. The maximum atomic E-state index is 12.7. The minimum atomic E-state index is -5.03. The van der Waals surface area contributed by atoms with Crippen LogP contribution >= 0.6 is 0 Å². The zero-order chi connectivity index (χ0) is 27.8. The normalized spacial score (nSPS) is 13.0. The molecule has 0 aliphatic heterocycles. The van der Waals surface area contributed by atoms with E-state index < -0.39 is 50.8 Å². The lowest BCUT2D eigenvalue weighted by Gasteiger charge is -2.20. The van der Waals surface area contributed by atoms with Crippen molar-refractivity contribution in [2.24, 2.45) is 0 Å². The van der Waals surface area contributed by atoms with E-state index >= 15 is 0 Å². The molecule has 196 valence electrons. The second-order valence-electron chi connectivity index (χ2n) is 8.65. The topological polar surface area (TPSA) is 183 Å². The van der Waals surface area contributed by atoms with E-state index in [1.165, 1.54) is 18.2 Å². The van der Waals surface area contributed by atoms with Crippen molar-refractivity contribution in [1.29, 1.82) is 0 Å². The second-order valence-corrected chi connectivity index (χ2v) is 12.8. The Kier molecular flexibility index (Phi) is 5.80. The Morgan fingerprint density at radius 1 is 0.658 bits per heavy atom. The van der Waals surface area contributed by atoms with Crippen LogP contribution in [0.5, 0.6) is 5.75 Å². The van der Waals surface area contributed by atoms with E-state index in [9.17, 15) is 44.0 Å². The van der Waals surface area contributed by atoms with E-state index in [4.69, 9.17) is 0 Å². The SMILES string of the molecule is C=Cc1ccc(Cc2c(O)c3ccc4c(S(=O)(=O)O)cc(S(=O)(=O)O)c5ccc(c2S(=O)(=O)O)c3c45)cc1. The molecule has 0 heterocycles. The second kappa shape index (κ2) is 8.46. The molecule has 0 aliphatic carbocycles. The minimum Gasteiger partial charge on any atom is -0.507 e. The van der Waals surface area contributed by atoms with Crippen LogP contribution < -0.4 is 0 Å². The van der Waals surface area contributed by atoms with E-state index in [2.05, 4.69) is 6.58 Å². The van der Waals surface area contributed by atoms with Crippen LogP contribution in [0.3, 0.4) is 0 Å². The molecule has 5 aromatic rings.